The second-order valence-electron chi connectivity index (χ2n) is 5.82. The molecule has 0 fully saturated rings. The molecule has 0 radical (unpaired) electrons. The molecule has 0 aliphatic heterocycles. The summed E-state index contributed by atoms with van der Waals surface area (Å²) in [5, 5.41) is 8.07. The van der Waals surface area contributed by atoms with Crippen molar-refractivity contribution in [1.29, 1.82) is 0 Å². The predicted molar refractivity (Wildman–Crippen MR) is 97.3 cm³/mol. The van der Waals surface area contributed by atoms with E-state index in [1.54, 1.807) is 10.7 Å². The van der Waals surface area contributed by atoms with Gasteiger partial charge in [0.25, 0.3) is 5.91 Å². The number of amides is 1. The van der Waals surface area contributed by atoms with Crippen molar-refractivity contribution in [3.8, 4) is 5.75 Å². The average Bonchev–Trinajstić information content (AvgIpc) is 3.06. The third-order valence-electron chi connectivity index (χ3n) is 3.90. The van der Waals surface area contributed by atoms with Crippen molar-refractivity contribution < 1.29 is 18.3 Å². The van der Waals surface area contributed by atoms with Crippen LogP contribution in [0.2, 0.25) is 5.02 Å². The Hall–Kier alpha value is -2.19. The van der Waals surface area contributed by atoms with Gasteiger partial charge in [0.15, 0.2) is 0 Å². The van der Waals surface area contributed by atoms with E-state index in [9.17, 15) is 13.6 Å². The number of rotatable bonds is 5. The first-order valence-corrected chi connectivity index (χ1v) is 8.93. The fraction of sp³-hybridized carbons (Fsp3) is 0.294. The lowest BCUT2D eigenvalue weighted by Crippen LogP contribution is -2.26. The van der Waals surface area contributed by atoms with Crippen molar-refractivity contribution in [2.45, 2.75) is 26.5 Å². The Kier molecular flexibility index (Phi) is 5.15. The summed E-state index contributed by atoms with van der Waals surface area (Å²) < 4.78 is 31.4. The monoisotopic (exact) mass is 399 g/mol. The fourth-order valence-corrected chi connectivity index (χ4v) is 4.20. The van der Waals surface area contributed by atoms with Gasteiger partial charge in [-0.1, -0.05) is 11.6 Å². The zero-order valence-electron chi connectivity index (χ0n) is 14.2. The van der Waals surface area contributed by atoms with Crippen LogP contribution >= 0.6 is 22.9 Å². The highest BCUT2D eigenvalue weighted by molar-refractivity contribution is 7.21. The zero-order chi connectivity index (χ0) is 19.0. The van der Waals surface area contributed by atoms with Gasteiger partial charge < -0.3 is 10.1 Å². The molecule has 0 saturated heterocycles. The van der Waals surface area contributed by atoms with Gasteiger partial charge in [-0.25, -0.2) is 0 Å². The van der Waals surface area contributed by atoms with E-state index >= 15 is 0 Å². The van der Waals surface area contributed by atoms with E-state index in [2.05, 4.69) is 15.2 Å². The van der Waals surface area contributed by atoms with Gasteiger partial charge in [0.2, 0.25) is 0 Å². The van der Waals surface area contributed by atoms with E-state index in [0.717, 1.165) is 22.6 Å². The summed E-state index contributed by atoms with van der Waals surface area (Å²) >= 11 is 7.45. The van der Waals surface area contributed by atoms with Gasteiger partial charge in [0.1, 0.15) is 10.6 Å². The molecular weight excluding hydrogens is 384 g/mol. The van der Waals surface area contributed by atoms with Crippen molar-refractivity contribution in [2.24, 2.45) is 7.05 Å². The number of hydrogen-bond donors (Lipinski definition) is 1. The number of fused-ring (bicyclic) bond motifs is 1. The lowest BCUT2D eigenvalue weighted by atomic mass is 10.1. The van der Waals surface area contributed by atoms with Crippen molar-refractivity contribution in [3.05, 3.63) is 45.6 Å². The number of halogens is 3. The molecular formula is C17H16ClF2N3O2S. The van der Waals surface area contributed by atoms with E-state index in [4.69, 9.17) is 11.6 Å². The molecule has 3 rings (SSSR count). The normalized spacial score (nSPS) is 12.6. The maximum Gasteiger partial charge on any atom is 0.387 e. The first-order chi connectivity index (χ1) is 12.3. The third kappa shape index (κ3) is 3.66. The molecule has 2 heterocycles. The molecule has 9 heteroatoms. The summed E-state index contributed by atoms with van der Waals surface area (Å²) in [7, 11) is 1.81. The average molecular weight is 400 g/mol. The van der Waals surface area contributed by atoms with Crippen LogP contribution in [-0.4, -0.2) is 22.3 Å². The number of nitrogens with zero attached hydrogens (tertiary/aromatic N) is 2. The molecule has 1 amide bonds. The van der Waals surface area contributed by atoms with E-state index in [0.29, 0.717) is 20.0 Å². The van der Waals surface area contributed by atoms with Gasteiger partial charge in [0, 0.05) is 28.9 Å². The van der Waals surface area contributed by atoms with Crippen LogP contribution in [0.25, 0.3) is 10.1 Å². The summed E-state index contributed by atoms with van der Waals surface area (Å²) in [5.74, 6) is -0.306. The smallest absolute Gasteiger partial charge is 0.387 e. The molecule has 0 unspecified atom stereocenters. The summed E-state index contributed by atoms with van der Waals surface area (Å²) in [6.07, 6.45) is 1.85. The molecule has 0 aliphatic rings. The van der Waals surface area contributed by atoms with Gasteiger partial charge in [-0.05, 0) is 32.0 Å². The van der Waals surface area contributed by atoms with Crippen molar-refractivity contribution >= 4 is 38.9 Å². The lowest BCUT2D eigenvalue weighted by molar-refractivity contribution is -0.0497. The first-order valence-electron chi connectivity index (χ1n) is 7.74. The molecule has 5 nitrogen and oxygen atoms in total. The Balaban J connectivity index is 1.85. The summed E-state index contributed by atoms with van der Waals surface area (Å²) in [6, 6.07) is 4.16. The molecule has 26 heavy (non-hydrogen) atoms. The molecule has 1 atom stereocenters. The van der Waals surface area contributed by atoms with Crippen LogP contribution in [0.3, 0.4) is 0 Å². The molecule has 2 aromatic heterocycles. The number of thiophene rings is 1. The maximum absolute atomic E-state index is 12.6. The largest absolute Gasteiger partial charge is 0.435 e. The van der Waals surface area contributed by atoms with E-state index in [1.807, 2.05) is 27.1 Å². The molecule has 3 aromatic rings. The van der Waals surface area contributed by atoms with Gasteiger partial charge in [-0.2, -0.15) is 13.9 Å². The van der Waals surface area contributed by atoms with E-state index in [1.165, 1.54) is 12.1 Å². The minimum absolute atomic E-state index is 0.0247. The van der Waals surface area contributed by atoms with Crippen LogP contribution < -0.4 is 10.1 Å². The molecule has 138 valence electrons. The molecule has 0 saturated carbocycles. The number of aromatic nitrogens is 2. The van der Waals surface area contributed by atoms with Crippen LogP contribution in [0, 0.1) is 6.92 Å². The third-order valence-corrected chi connectivity index (χ3v) is 5.55. The number of hydrogen-bond acceptors (Lipinski definition) is 4. The lowest BCUT2D eigenvalue weighted by Gasteiger charge is -2.12. The quantitative estimate of drug-likeness (QED) is 0.677. The van der Waals surface area contributed by atoms with Crippen LogP contribution in [-0.2, 0) is 7.05 Å². The predicted octanol–water partition coefficient (Wildman–Crippen LogP) is 4.69. The Bertz CT molecular complexity index is 970. The molecule has 0 aliphatic carbocycles. The second-order valence-corrected chi connectivity index (χ2v) is 7.25. The number of carbonyl (C=O) groups is 1. The van der Waals surface area contributed by atoms with E-state index in [-0.39, 0.29) is 17.7 Å². The minimum Gasteiger partial charge on any atom is -0.435 e. The van der Waals surface area contributed by atoms with Crippen molar-refractivity contribution in [1.82, 2.24) is 15.1 Å². The number of aryl methyl sites for hydroxylation is 2. The Morgan fingerprint density at radius 1 is 1.42 bits per heavy atom. The number of nitrogens with one attached hydrogen (secondary N) is 1. The topological polar surface area (TPSA) is 56.2 Å². The highest BCUT2D eigenvalue weighted by Crippen LogP contribution is 2.37. The van der Waals surface area contributed by atoms with E-state index < -0.39 is 6.61 Å². The number of alkyl halides is 2. The van der Waals surface area contributed by atoms with Gasteiger partial charge in [-0.15, -0.1) is 11.3 Å². The van der Waals surface area contributed by atoms with Crippen molar-refractivity contribution in [3.63, 3.8) is 0 Å². The molecule has 0 spiro atoms. The second kappa shape index (κ2) is 7.20. The summed E-state index contributed by atoms with van der Waals surface area (Å²) in [6.45, 7) is 0.821. The van der Waals surface area contributed by atoms with Crippen LogP contribution in [0.1, 0.15) is 33.9 Å². The maximum atomic E-state index is 12.6. The summed E-state index contributed by atoms with van der Waals surface area (Å²) in [5.41, 5.74) is 1.74. The number of benzene rings is 1. The Morgan fingerprint density at radius 2 is 2.15 bits per heavy atom. The van der Waals surface area contributed by atoms with Crippen LogP contribution in [0.15, 0.2) is 24.4 Å². The molecule has 0 bridgehead atoms. The Labute approximate surface area is 157 Å². The fourth-order valence-electron chi connectivity index (χ4n) is 2.75. The molecule has 1 N–H and O–H groups in total. The van der Waals surface area contributed by atoms with Crippen LogP contribution in [0.4, 0.5) is 8.78 Å². The zero-order valence-corrected chi connectivity index (χ0v) is 15.8. The van der Waals surface area contributed by atoms with Crippen molar-refractivity contribution in [2.75, 3.05) is 0 Å². The standard InChI is InChI=1S/C17H16ClF2N3O2S/c1-8(12-7-23(3)22-9(12)2)21-16(24)15-14(18)11-5-4-10(25-17(19)20)6-13(11)26-15/h4-8,17H,1-3H3,(H,21,24)/t8-/m1/s1. The van der Waals surface area contributed by atoms with Gasteiger partial charge in [0.05, 0.1) is 16.8 Å². The SMILES string of the molecule is Cc1nn(C)cc1[C@@H](C)NC(=O)c1sc2cc(OC(F)F)ccc2c1Cl. The number of carbonyl (C=O) groups excluding carboxylic acids is 1. The highest BCUT2D eigenvalue weighted by atomic mass is 35.5. The van der Waals surface area contributed by atoms with Gasteiger partial charge in [-0.3, -0.25) is 9.48 Å². The minimum atomic E-state index is -2.91. The first kappa shape index (κ1) is 18.6. The van der Waals surface area contributed by atoms with Crippen LogP contribution in [0.5, 0.6) is 5.75 Å². The Morgan fingerprint density at radius 3 is 2.77 bits per heavy atom. The highest BCUT2D eigenvalue weighted by Gasteiger charge is 2.21. The molecule has 1 aromatic carbocycles. The summed E-state index contributed by atoms with van der Waals surface area (Å²) in [4.78, 5) is 13.0. The van der Waals surface area contributed by atoms with Gasteiger partial charge >= 0.3 is 6.61 Å². The number of ether oxygens (including phenoxy) is 1.